The molecule has 0 saturated carbocycles. The summed E-state index contributed by atoms with van der Waals surface area (Å²) in [6, 6.07) is 5.28. The van der Waals surface area contributed by atoms with Crippen LogP contribution in [0.2, 0.25) is 0 Å². The van der Waals surface area contributed by atoms with Crippen molar-refractivity contribution in [1.29, 1.82) is 0 Å². The van der Waals surface area contributed by atoms with Crippen LogP contribution in [0.15, 0.2) is 27.6 Å². The maximum atomic E-state index is 12.4. The Bertz CT molecular complexity index is 560. The summed E-state index contributed by atoms with van der Waals surface area (Å²) in [5.74, 6) is 0.299. The summed E-state index contributed by atoms with van der Waals surface area (Å²) in [6.45, 7) is 5.70. The molecule has 2 atom stereocenters. The maximum absolute atomic E-state index is 12.4. The van der Waals surface area contributed by atoms with Crippen molar-refractivity contribution in [2.24, 2.45) is 5.92 Å². The predicted molar refractivity (Wildman–Crippen MR) is 79.6 cm³/mol. The summed E-state index contributed by atoms with van der Waals surface area (Å²) in [5.41, 5.74) is 1.03. The molecule has 19 heavy (non-hydrogen) atoms. The second kappa shape index (κ2) is 5.91. The molecule has 0 aliphatic carbocycles. The highest BCUT2D eigenvalue weighted by molar-refractivity contribution is 9.10. The first-order chi connectivity index (χ1) is 8.90. The lowest BCUT2D eigenvalue weighted by Crippen LogP contribution is -2.48. The topological polar surface area (TPSA) is 58.2 Å². The number of piperidine rings is 1. The molecule has 1 aliphatic rings. The van der Waals surface area contributed by atoms with Crippen LogP contribution >= 0.6 is 15.9 Å². The second-order valence-corrected chi connectivity index (χ2v) is 7.67. The Balaban J connectivity index is 2.22. The highest BCUT2D eigenvalue weighted by atomic mass is 79.9. The fourth-order valence-corrected chi connectivity index (χ4v) is 4.85. The Hall–Kier alpha value is -0.430. The van der Waals surface area contributed by atoms with Crippen LogP contribution in [0.3, 0.4) is 0 Å². The third-order valence-corrected chi connectivity index (χ3v) is 5.94. The van der Waals surface area contributed by atoms with Crippen LogP contribution in [0.5, 0.6) is 0 Å². The molecule has 2 unspecified atom stereocenters. The molecular formula is C13H19BrN2O2S. The summed E-state index contributed by atoms with van der Waals surface area (Å²) < 4.78 is 28.3. The number of nitrogens with one attached hydrogen (secondary N) is 2. The van der Waals surface area contributed by atoms with E-state index in [1.54, 1.807) is 6.07 Å². The van der Waals surface area contributed by atoms with Crippen molar-refractivity contribution < 1.29 is 8.42 Å². The molecule has 1 fully saturated rings. The molecule has 1 heterocycles. The van der Waals surface area contributed by atoms with Crippen LogP contribution in [-0.2, 0) is 10.0 Å². The van der Waals surface area contributed by atoms with Gasteiger partial charge in [0.15, 0.2) is 0 Å². The lowest BCUT2D eigenvalue weighted by atomic mass is 9.97. The number of aryl methyl sites for hydroxylation is 1. The highest BCUT2D eigenvalue weighted by Gasteiger charge is 2.27. The van der Waals surface area contributed by atoms with Crippen molar-refractivity contribution in [3.8, 4) is 0 Å². The molecule has 0 aromatic heterocycles. The average molecular weight is 347 g/mol. The molecule has 0 amide bonds. The van der Waals surface area contributed by atoms with Gasteiger partial charge in [-0.3, -0.25) is 0 Å². The summed E-state index contributed by atoms with van der Waals surface area (Å²) in [6.07, 6.45) is 0.823. The van der Waals surface area contributed by atoms with Gasteiger partial charge in [-0.05, 0) is 66.0 Å². The zero-order valence-electron chi connectivity index (χ0n) is 11.1. The van der Waals surface area contributed by atoms with Crippen molar-refractivity contribution in [2.45, 2.75) is 31.2 Å². The summed E-state index contributed by atoms with van der Waals surface area (Å²) in [7, 11) is -3.46. The zero-order chi connectivity index (χ0) is 14.0. The number of sulfonamides is 1. The molecule has 2 N–H and O–H groups in total. The van der Waals surface area contributed by atoms with E-state index in [9.17, 15) is 8.42 Å². The van der Waals surface area contributed by atoms with Crippen LogP contribution in [-0.4, -0.2) is 27.5 Å². The minimum Gasteiger partial charge on any atom is -0.316 e. The van der Waals surface area contributed by atoms with Gasteiger partial charge in [-0.1, -0.05) is 13.0 Å². The van der Waals surface area contributed by atoms with E-state index >= 15 is 0 Å². The number of halogens is 1. The summed E-state index contributed by atoms with van der Waals surface area (Å²) >= 11 is 3.33. The van der Waals surface area contributed by atoms with Gasteiger partial charge in [-0.2, -0.15) is 0 Å². The second-order valence-electron chi connectivity index (χ2n) is 5.13. The van der Waals surface area contributed by atoms with Gasteiger partial charge in [0.25, 0.3) is 0 Å². The van der Waals surface area contributed by atoms with Crippen molar-refractivity contribution in [2.75, 3.05) is 13.1 Å². The molecule has 1 aromatic rings. The van der Waals surface area contributed by atoms with Gasteiger partial charge in [-0.25, -0.2) is 13.1 Å². The third kappa shape index (κ3) is 3.56. The lowest BCUT2D eigenvalue weighted by molar-refractivity contribution is 0.328. The predicted octanol–water partition coefficient (Wildman–Crippen LogP) is 2.03. The fourth-order valence-electron chi connectivity index (χ4n) is 2.28. The van der Waals surface area contributed by atoms with Crippen LogP contribution in [0.4, 0.5) is 0 Å². The SMILES string of the molecule is Cc1ccc(S(=O)(=O)NC2CCNCC2C)c(Br)c1. The van der Waals surface area contributed by atoms with Crippen LogP contribution in [0, 0.1) is 12.8 Å². The van der Waals surface area contributed by atoms with Crippen molar-refractivity contribution in [3.63, 3.8) is 0 Å². The fraction of sp³-hybridized carbons (Fsp3) is 0.538. The van der Waals surface area contributed by atoms with Crippen molar-refractivity contribution >= 4 is 26.0 Å². The maximum Gasteiger partial charge on any atom is 0.241 e. The highest BCUT2D eigenvalue weighted by Crippen LogP contribution is 2.24. The number of rotatable bonds is 3. The Morgan fingerprint density at radius 2 is 2.16 bits per heavy atom. The molecule has 106 valence electrons. The Morgan fingerprint density at radius 3 is 2.79 bits per heavy atom. The number of hydrogen-bond acceptors (Lipinski definition) is 3. The van der Waals surface area contributed by atoms with Gasteiger partial charge in [0.05, 0.1) is 4.90 Å². The van der Waals surface area contributed by atoms with E-state index in [0.717, 1.165) is 25.1 Å². The normalized spacial score (nSPS) is 24.4. The first-order valence-corrected chi connectivity index (χ1v) is 8.67. The number of benzene rings is 1. The minimum atomic E-state index is -3.46. The van der Waals surface area contributed by atoms with Crippen LogP contribution in [0.25, 0.3) is 0 Å². The van der Waals surface area contributed by atoms with Gasteiger partial charge in [0.1, 0.15) is 0 Å². The lowest BCUT2D eigenvalue weighted by Gasteiger charge is -2.30. The van der Waals surface area contributed by atoms with Crippen LogP contribution in [0.1, 0.15) is 18.9 Å². The molecule has 0 radical (unpaired) electrons. The molecule has 2 rings (SSSR count). The quantitative estimate of drug-likeness (QED) is 0.880. The van der Waals surface area contributed by atoms with E-state index in [1.807, 2.05) is 19.1 Å². The van der Waals surface area contributed by atoms with E-state index < -0.39 is 10.0 Å². The Kier molecular flexibility index (Phi) is 4.66. The molecule has 1 aromatic carbocycles. The minimum absolute atomic E-state index is 0.000506. The molecule has 6 heteroatoms. The average Bonchev–Trinajstić information content (AvgIpc) is 2.31. The monoisotopic (exact) mass is 346 g/mol. The largest absolute Gasteiger partial charge is 0.316 e. The molecule has 0 spiro atoms. The van der Waals surface area contributed by atoms with Gasteiger partial charge < -0.3 is 5.32 Å². The number of hydrogen-bond donors (Lipinski definition) is 2. The van der Waals surface area contributed by atoms with Gasteiger partial charge in [0, 0.05) is 10.5 Å². The van der Waals surface area contributed by atoms with Gasteiger partial charge >= 0.3 is 0 Å². The summed E-state index contributed by atoms with van der Waals surface area (Å²) in [5, 5.41) is 3.26. The smallest absolute Gasteiger partial charge is 0.241 e. The third-order valence-electron chi connectivity index (χ3n) is 3.47. The molecule has 4 nitrogen and oxygen atoms in total. The van der Waals surface area contributed by atoms with E-state index in [-0.39, 0.29) is 6.04 Å². The molecular weight excluding hydrogens is 328 g/mol. The van der Waals surface area contributed by atoms with Gasteiger partial charge in [-0.15, -0.1) is 0 Å². The van der Waals surface area contributed by atoms with Crippen molar-refractivity contribution in [3.05, 3.63) is 28.2 Å². The van der Waals surface area contributed by atoms with Gasteiger partial charge in [0.2, 0.25) is 10.0 Å². The van der Waals surface area contributed by atoms with Crippen molar-refractivity contribution in [1.82, 2.24) is 10.0 Å². The molecule has 1 saturated heterocycles. The summed E-state index contributed by atoms with van der Waals surface area (Å²) in [4.78, 5) is 0.309. The first kappa shape index (κ1) is 15.0. The standard InChI is InChI=1S/C13H19BrN2O2S/c1-9-3-4-13(11(14)7-9)19(17,18)16-12-5-6-15-8-10(12)2/h3-4,7,10,12,15-16H,5-6,8H2,1-2H3. The molecule has 0 bridgehead atoms. The molecule has 1 aliphatic heterocycles. The van der Waals surface area contributed by atoms with E-state index in [4.69, 9.17) is 0 Å². The zero-order valence-corrected chi connectivity index (χ0v) is 13.5. The Labute approximate surface area is 123 Å². The first-order valence-electron chi connectivity index (χ1n) is 6.39. The van der Waals surface area contributed by atoms with E-state index in [1.165, 1.54) is 0 Å². The van der Waals surface area contributed by atoms with Crippen LogP contribution < -0.4 is 10.0 Å². The van der Waals surface area contributed by atoms with E-state index in [0.29, 0.717) is 15.3 Å². The van der Waals surface area contributed by atoms with E-state index in [2.05, 4.69) is 32.9 Å². The Morgan fingerprint density at radius 1 is 1.42 bits per heavy atom.